The monoisotopic (exact) mass is 579 g/mol. The van der Waals surface area contributed by atoms with E-state index < -0.39 is 23.9 Å². The van der Waals surface area contributed by atoms with Crippen LogP contribution in [0.2, 0.25) is 0 Å². The average molecular weight is 580 g/mol. The van der Waals surface area contributed by atoms with E-state index in [2.05, 4.69) is 20.5 Å². The number of ketones is 1. The molecule has 1 saturated heterocycles. The van der Waals surface area contributed by atoms with Gasteiger partial charge in [-0.2, -0.15) is 0 Å². The highest BCUT2D eigenvalue weighted by Crippen LogP contribution is 2.24. The molecule has 10 nitrogen and oxygen atoms in total. The first-order valence-corrected chi connectivity index (χ1v) is 14.7. The summed E-state index contributed by atoms with van der Waals surface area (Å²) in [5.41, 5.74) is 8.10. The Balaban J connectivity index is 1.40. The molecule has 1 aliphatic heterocycles. The minimum atomic E-state index is -0.996. The Morgan fingerprint density at radius 1 is 1.05 bits per heavy atom. The minimum absolute atomic E-state index is 0.108. The van der Waals surface area contributed by atoms with Gasteiger partial charge in [0.25, 0.3) is 0 Å². The molecule has 41 heavy (non-hydrogen) atoms. The topological polar surface area (TPSA) is 136 Å². The molecule has 0 saturated carbocycles. The summed E-state index contributed by atoms with van der Waals surface area (Å²) in [4.78, 5) is 45.2. The number of benzene rings is 2. The van der Waals surface area contributed by atoms with Gasteiger partial charge in [0.2, 0.25) is 11.8 Å². The molecular formula is C30H37N5O5S. The lowest BCUT2D eigenvalue weighted by molar-refractivity contribution is -0.127. The molecule has 0 bridgehead atoms. The third-order valence-corrected chi connectivity index (χ3v) is 7.81. The van der Waals surface area contributed by atoms with E-state index in [1.54, 1.807) is 36.6 Å². The molecule has 3 aromatic rings. The number of thiazole rings is 1. The fourth-order valence-electron chi connectivity index (χ4n) is 4.47. The Morgan fingerprint density at radius 3 is 2.44 bits per heavy atom. The summed E-state index contributed by atoms with van der Waals surface area (Å²) in [7, 11) is 0. The van der Waals surface area contributed by atoms with Gasteiger partial charge >= 0.3 is 0 Å². The summed E-state index contributed by atoms with van der Waals surface area (Å²) in [5, 5.41) is 7.51. The molecule has 2 aromatic carbocycles. The van der Waals surface area contributed by atoms with Crippen molar-refractivity contribution in [3.8, 4) is 5.75 Å². The van der Waals surface area contributed by atoms with E-state index in [0.717, 1.165) is 49.7 Å². The molecule has 1 aliphatic rings. The second-order valence-electron chi connectivity index (χ2n) is 9.84. The molecule has 2 amide bonds. The van der Waals surface area contributed by atoms with Gasteiger partial charge in [0.15, 0.2) is 10.9 Å². The van der Waals surface area contributed by atoms with E-state index in [4.69, 9.17) is 15.2 Å². The zero-order valence-electron chi connectivity index (χ0n) is 23.4. The lowest BCUT2D eigenvalue weighted by Gasteiger charge is -2.26. The molecule has 0 spiro atoms. The van der Waals surface area contributed by atoms with Crippen LogP contribution in [0.15, 0.2) is 60.0 Å². The molecule has 4 N–H and O–H groups in total. The van der Waals surface area contributed by atoms with E-state index in [1.165, 1.54) is 0 Å². The molecular weight excluding hydrogens is 542 g/mol. The number of carbonyl (C=O) groups is 3. The summed E-state index contributed by atoms with van der Waals surface area (Å²) in [5.74, 6) is -0.727. The number of hydrogen-bond acceptors (Lipinski definition) is 9. The van der Waals surface area contributed by atoms with Crippen molar-refractivity contribution in [1.82, 2.24) is 15.2 Å². The number of amides is 2. The zero-order valence-corrected chi connectivity index (χ0v) is 24.2. The summed E-state index contributed by atoms with van der Waals surface area (Å²) >= 11 is 1.16. The number of anilines is 1. The van der Waals surface area contributed by atoms with Crippen LogP contribution in [0.4, 0.5) is 5.13 Å². The maximum atomic E-state index is 13.4. The van der Waals surface area contributed by atoms with Gasteiger partial charge in [-0.3, -0.25) is 19.3 Å². The highest BCUT2D eigenvalue weighted by atomic mass is 32.1. The predicted octanol–water partition coefficient (Wildman–Crippen LogP) is 3.37. The van der Waals surface area contributed by atoms with Gasteiger partial charge in [-0.15, -0.1) is 11.3 Å². The van der Waals surface area contributed by atoms with Crippen molar-refractivity contribution in [3.05, 3.63) is 76.8 Å². The van der Waals surface area contributed by atoms with Gasteiger partial charge in [0.1, 0.15) is 30.1 Å². The van der Waals surface area contributed by atoms with Crippen LogP contribution in [0.3, 0.4) is 0 Å². The fraction of sp³-hybridized carbons (Fsp3) is 0.400. The van der Waals surface area contributed by atoms with Gasteiger partial charge < -0.3 is 25.8 Å². The molecule has 0 unspecified atom stereocenters. The molecule has 11 heteroatoms. The van der Waals surface area contributed by atoms with Gasteiger partial charge in [-0.25, -0.2) is 4.98 Å². The maximum Gasteiger partial charge on any atom is 0.249 e. The highest BCUT2D eigenvalue weighted by Gasteiger charge is 2.31. The summed E-state index contributed by atoms with van der Waals surface area (Å²) in [6.45, 7) is 8.27. The SMILES string of the molecule is CCC(=O)c1csc(NC(=O)[C@@H](NC(=O)[C@H](N)c2ccc(OCCN3CCOCC3)cc2)[C@@H](C)c2ccccc2)n1. The van der Waals surface area contributed by atoms with Crippen molar-refractivity contribution in [2.45, 2.75) is 38.3 Å². The van der Waals surface area contributed by atoms with E-state index in [-0.39, 0.29) is 11.7 Å². The van der Waals surface area contributed by atoms with E-state index >= 15 is 0 Å². The zero-order chi connectivity index (χ0) is 29.2. The molecule has 0 aliphatic carbocycles. The first-order chi connectivity index (χ1) is 19.9. The largest absolute Gasteiger partial charge is 0.492 e. The maximum absolute atomic E-state index is 13.4. The van der Waals surface area contributed by atoms with Gasteiger partial charge in [0.05, 0.1) is 13.2 Å². The number of rotatable bonds is 13. The van der Waals surface area contributed by atoms with E-state index in [9.17, 15) is 14.4 Å². The first kappa shape index (κ1) is 30.3. The van der Waals surface area contributed by atoms with E-state index in [0.29, 0.717) is 35.2 Å². The number of carbonyl (C=O) groups excluding carboxylic acids is 3. The Bertz CT molecular complexity index is 1290. The molecule has 0 radical (unpaired) electrons. The second kappa shape index (κ2) is 14.8. The first-order valence-electron chi connectivity index (χ1n) is 13.8. The third-order valence-electron chi connectivity index (χ3n) is 7.05. The third kappa shape index (κ3) is 8.43. The molecule has 4 rings (SSSR count). The standard InChI is InChI=1S/C30H37N5O5S/c1-3-25(36)24-19-41-30(32-24)34-29(38)27(20(2)21-7-5-4-6-8-21)33-28(37)26(31)22-9-11-23(12-10-22)40-18-15-35-13-16-39-17-14-35/h4-12,19-20,26-27H,3,13-18,31H2,1-2H3,(H,33,37)(H,32,34,38)/t20-,26+,27-/m0/s1. The number of Topliss-reactive ketones (excluding diaryl/α,β-unsaturated/α-hetero) is 1. The normalized spacial score (nSPS) is 15.9. The van der Waals surface area contributed by atoms with Crippen LogP contribution < -0.4 is 21.1 Å². The van der Waals surface area contributed by atoms with Crippen molar-refractivity contribution in [3.63, 3.8) is 0 Å². The van der Waals surface area contributed by atoms with Crippen molar-refractivity contribution in [2.75, 3.05) is 44.8 Å². The fourth-order valence-corrected chi connectivity index (χ4v) is 5.19. The number of aromatic nitrogens is 1. The smallest absolute Gasteiger partial charge is 0.249 e. The minimum Gasteiger partial charge on any atom is -0.492 e. The quantitative estimate of drug-likeness (QED) is 0.262. The molecule has 1 aromatic heterocycles. The number of nitrogens with two attached hydrogens (primary N) is 1. The van der Waals surface area contributed by atoms with Crippen molar-refractivity contribution in [2.24, 2.45) is 5.73 Å². The Hall–Kier alpha value is -3.64. The van der Waals surface area contributed by atoms with Crippen LogP contribution in [0.1, 0.15) is 53.8 Å². The van der Waals surface area contributed by atoms with Gasteiger partial charge in [-0.1, -0.05) is 56.3 Å². The molecule has 218 valence electrons. The van der Waals surface area contributed by atoms with Crippen LogP contribution in [0.5, 0.6) is 5.75 Å². The molecule has 1 fully saturated rings. The van der Waals surface area contributed by atoms with Crippen LogP contribution in [0, 0.1) is 0 Å². The Morgan fingerprint density at radius 2 is 1.76 bits per heavy atom. The van der Waals surface area contributed by atoms with Crippen LogP contribution in [0.25, 0.3) is 0 Å². The van der Waals surface area contributed by atoms with Crippen molar-refractivity contribution >= 4 is 34.1 Å². The Kier molecular flexibility index (Phi) is 11.0. The van der Waals surface area contributed by atoms with Crippen molar-refractivity contribution in [1.29, 1.82) is 0 Å². The van der Waals surface area contributed by atoms with Crippen LogP contribution in [-0.4, -0.2) is 73.0 Å². The van der Waals surface area contributed by atoms with E-state index in [1.807, 2.05) is 37.3 Å². The number of morpholine rings is 1. The Labute approximate surface area is 244 Å². The number of hydrogen-bond donors (Lipinski definition) is 3. The summed E-state index contributed by atoms with van der Waals surface area (Å²) < 4.78 is 11.2. The average Bonchev–Trinajstić information content (AvgIpc) is 3.48. The predicted molar refractivity (Wildman–Crippen MR) is 158 cm³/mol. The van der Waals surface area contributed by atoms with Crippen LogP contribution >= 0.6 is 11.3 Å². The molecule has 2 heterocycles. The van der Waals surface area contributed by atoms with Crippen molar-refractivity contribution < 1.29 is 23.9 Å². The number of nitrogens with zero attached hydrogens (tertiary/aromatic N) is 2. The summed E-state index contributed by atoms with van der Waals surface area (Å²) in [6.07, 6.45) is 0.320. The highest BCUT2D eigenvalue weighted by molar-refractivity contribution is 7.14. The lowest BCUT2D eigenvalue weighted by atomic mass is 9.92. The lowest BCUT2D eigenvalue weighted by Crippen LogP contribution is -2.49. The number of nitrogens with one attached hydrogen (secondary N) is 2. The number of ether oxygens (including phenoxy) is 2. The summed E-state index contributed by atoms with van der Waals surface area (Å²) in [6, 6.07) is 14.6. The van der Waals surface area contributed by atoms with Crippen LogP contribution in [-0.2, 0) is 14.3 Å². The molecule has 3 atom stereocenters. The second-order valence-corrected chi connectivity index (χ2v) is 10.7. The van der Waals surface area contributed by atoms with Gasteiger partial charge in [-0.05, 0) is 23.3 Å². The van der Waals surface area contributed by atoms with Gasteiger partial charge in [0, 0.05) is 37.4 Å².